The summed E-state index contributed by atoms with van der Waals surface area (Å²) in [6.07, 6.45) is 0.709. The second-order valence-corrected chi connectivity index (χ2v) is 6.24. The molecule has 1 N–H and O–H groups in total. The Kier molecular flexibility index (Phi) is 6.17. The smallest absolute Gasteiger partial charge is 0.255 e. The first-order valence-electron chi connectivity index (χ1n) is 8.88. The third-order valence-corrected chi connectivity index (χ3v) is 4.39. The highest BCUT2D eigenvalue weighted by atomic mass is 16.5. The summed E-state index contributed by atoms with van der Waals surface area (Å²) in [4.78, 5) is 12.7. The van der Waals surface area contributed by atoms with E-state index in [2.05, 4.69) is 17.4 Å². The number of benzene rings is 3. The van der Waals surface area contributed by atoms with Gasteiger partial charge in [0, 0.05) is 29.3 Å². The van der Waals surface area contributed by atoms with Crippen molar-refractivity contribution in [1.29, 1.82) is 0 Å². The summed E-state index contributed by atoms with van der Waals surface area (Å²) in [5.41, 5.74) is 3.31. The molecule has 144 valence electrons. The van der Waals surface area contributed by atoms with Crippen molar-refractivity contribution in [3.63, 3.8) is 0 Å². The van der Waals surface area contributed by atoms with Gasteiger partial charge < -0.3 is 19.5 Å². The molecule has 3 aromatic rings. The lowest BCUT2D eigenvalue weighted by Gasteiger charge is -2.13. The molecular formula is C23H23NO4. The first-order valence-corrected chi connectivity index (χ1v) is 8.88. The molecule has 0 saturated carbocycles. The predicted molar refractivity (Wildman–Crippen MR) is 110 cm³/mol. The van der Waals surface area contributed by atoms with Crippen LogP contribution in [0.15, 0.2) is 66.7 Å². The van der Waals surface area contributed by atoms with Gasteiger partial charge in [0.25, 0.3) is 5.91 Å². The van der Waals surface area contributed by atoms with Crippen LogP contribution in [0.1, 0.15) is 21.5 Å². The van der Waals surface area contributed by atoms with Gasteiger partial charge in [-0.1, -0.05) is 30.3 Å². The van der Waals surface area contributed by atoms with Crippen LogP contribution in [-0.2, 0) is 6.42 Å². The van der Waals surface area contributed by atoms with E-state index < -0.39 is 0 Å². The maximum atomic E-state index is 12.7. The first kappa shape index (κ1) is 19.3. The van der Waals surface area contributed by atoms with Crippen LogP contribution >= 0.6 is 0 Å². The average molecular weight is 377 g/mol. The minimum absolute atomic E-state index is 0.243. The molecule has 0 unspecified atom stereocenters. The molecule has 1 amide bonds. The highest BCUT2D eigenvalue weighted by molar-refractivity contribution is 6.04. The summed E-state index contributed by atoms with van der Waals surface area (Å²) in [6.45, 7) is 0. The van der Waals surface area contributed by atoms with Crippen LogP contribution in [0.3, 0.4) is 0 Å². The number of carbonyl (C=O) groups excluding carboxylic acids is 1. The highest BCUT2D eigenvalue weighted by Gasteiger charge is 2.12. The largest absolute Gasteiger partial charge is 0.497 e. The van der Waals surface area contributed by atoms with E-state index in [1.807, 2.05) is 36.4 Å². The third kappa shape index (κ3) is 4.62. The van der Waals surface area contributed by atoms with Gasteiger partial charge in [0.1, 0.15) is 17.2 Å². The molecule has 28 heavy (non-hydrogen) atoms. The van der Waals surface area contributed by atoms with E-state index in [9.17, 15) is 4.79 Å². The van der Waals surface area contributed by atoms with Crippen LogP contribution in [0.25, 0.3) is 0 Å². The quantitative estimate of drug-likeness (QED) is 0.656. The second-order valence-electron chi connectivity index (χ2n) is 6.24. The number of hydrogen-bond acceptors (Lipinski definition) is 4. The van der Waals surface area contributed by atoms with Crippen molar-refractivity contribution in [2.24, 2.45) is 0 Å². The number of nitrogens with one attached hydrogen (secondary N) is 1. The fourth-order valence-corrected chi connectivity index (χ4v) is 2.95. The molecule has 3 aromatic carbocycles. The number of ether oxygens (including phenoxy) is 3. The minimum Gasteiger partial charge on any atom is -0.497 e. The van der Waals surface area contributed by atoms with E-state index in [0.29, 0.717) is 29.2 Å². The lowest BCUT2D eigenvalue weighted by Crippen LogP contribution is -2.12. The number of carbonyl (C=O) groups is 1. The van der Waals surface area contributed by atoms with Crippen molar-refractivity contribution in [3.05, 3.63) is 83.4 Å². The van der Waals surface area contributed by atoms with Crippen LogP contribution in [0.4, 0.5) is 5.69 Å². The minimum atomic E-state index is -0.243. The van der Waals surface area contributed by atoms with Gasteiger partial charge in [-0.2, -0.15) is 0 Å². The normalized spacial score (nSPS) is 10.2. The number of rotatable bonds is 7. The zero-order valence-electron chi connectivity index (χ0n) is 16.2. The topological polar surface area (TPSA) is 56.8 Å². The summed E-state index contributed by atoms with van der Waals surface area (Å²) in [5, 5.41) is 2.93. The zero-order chi connectivity index (χ0) is 19.9. The fourth-order valence-electron chi connectivity index (χ4n) is 2.95. The monoisotopic (exact) mass is 377 g/mol. The summed E-state index contributed by atoms with van der Waals surface area (Å²) < 4.78 is 16.0. The molecule has 0 aromatic heterocycles. The Morgan fingerprint density at radius 2 is 1.50 bits per heavy atom. The Balaban J connectivity index is 1.84. The van der Waals surface area contributed by atoms with Crippen molar-refractivity contribution in [2.75, 3.05) is 26.6 Å². The van der Waals surface area contributed by atoms with Gasteiger partial charge in [-0.05, 0) is 35.9 Å². The van der Waals surface area contributed by atoms with Gasteiger partial charge in [0.2, 0.25) is 0 Å². The van der Waals surface area contributed by atoms with Gasteiger partial charge in [0.15, 0.2) is 0 Å². The molecule has 0 atom stereocenters. The van der Waals surface area contributed by atoms with Crippen molar-refractivity contribution in [2.45, 2.75) is 6.42 Å². The number of hydrogen-bond donors (Lipinski definition) is 1. The number of amides is 1. The Bertz CT molecular complexity index is 932. The van der Waals surface area contributed by atoms with Crippen LogP contribution in [0.5, 0.6) is 17.2 Å². The van der Waals surface area contributed by atoms with Gasteiger partial charge in [-0.15, -0.1) is 0 Å². The van der Waals surface area contributed by atoms with Gasteiger partial charge in [0.05, 0.1) is 21.3 Å². The fraction of sp³-hybridized carbons (Fsp3) is 0.174. The Hall–Kier alpha value is -3.47. The SMILES string of the molecule is COc1cc(OC)cc(C(=O)Nc2ccc(OC)c(Cc3ccccc3)c2)c1. The lowest BCUT2D eigenvalue weighted by molar-refractivity contribution is 0.102. The summed E-state index contributed by atoms with van der Waals surface area (Å²) >= 11 is 0. The standard InChI is InChI=1S/C23H23NO4/c1-26-20-13-18(14-21(15-20)27-2)23(25)24-19-9-10-22(28-3)17(12-19)11-16-7-5-4-6-8-16/h4-10,12-15H,11H2,1-3H3,(H,24,25). The molecule has 3 rings (SSSR count). The summed E-state index contributed by atoms with van der Waals surface area (Å²) in [7, 11) is 4.75. The van der Waals surface area contributed by atoms with E-state index >= 15 is 0 Å². The number of anilines is 1. The predicted octanol–water partition coefficient (Wildman–Crippen LogP) is 4.56. The van der Waals surface area contributed by atoms with E-state index in [-0.39, 0.29) is 5.91 Å². The molecular weight excluding hydrogens is 354 g/mol. The van der Waals surface area contributed by atoms with Crippen molar-refractivity contribution in [1.82, 2.24) is 0 Å². The van der Waals surface area contributed by atoms with E-state index in [4.69, 9.17) is 14.2 Å². The van der Waals surface area contributed by atoms with Gasteiger partial charge >= 0.3 is 0 Å². The Labute approximate surface area is 164 Å². The average Bonchev–Trinajstić information content (AvgIpc) is 2.74. The molecule has 0 bridgehead atoms. The van der Waals surface area contributed by atoms with E-state index in [1.165, 1.54) is 5.56 Å². The molecule has 0 spiro atoms. The molecule has 0 aliphatic rings. The molecule has 0 radical (unpaired) electrons. The number of methoxy groups -OCH3 is 3. The van der Waals surface area contributed by atoms with Crippen LogP contribution in [0.2, 0.25) is 0 Å². The molecule has 0 aliphatic heterocycles. The summed E-state index contributed by atoms with van der Waals surface area (Å²) in [6, 6.07) is 20.8. The molecule has 0 heterocycles. The van der Waals surface area contributed by atoms with E-state index in [1.54, 1.807) is 39.5 Å². The van der Waals surface area contributed by atoms with Gasteiger partial charge in [-0.3, -0.25) is 4.79 Å². The second kappa shape index (κ2) is 8.95. The van der Waals surface area contributed by atoms with E-state index in [0.717, 1.165) is 11.3 Å². The molecule has 0 aliphatic carbocycles. The first-order chi connectivity index (χ1) is 13.6. The maximum absolute atomic E-state index is 12.7. The van der Waals surface area contributed by atoms with Gasteiger partial charge in [-0.25, -0.2) is 0 Å². The molecule has 5 heteroatoms. The zero-order valence-corrected chi connectivity index (χ0v) is 16.2. The van der Waals surface area contributed by atoms with Crippen molar-refractivity contribution < 1.29 is 19.0 Å². The van der Waals surface area contributed by atoms with Crippen molar-refractivity contribution in [3.8, 4) is 17.2 Å². The van der Waals surface area contributed by atoms with Crippen molar-refractivity contribution >= 4 is 11.6 Å². The molecule has 0 fully saturated rings. The van der Waals surface area contributed by atoms with Crippen LogP contribution < -0.4 is 19.5 Å². The van der Waals surface area contributed by atoms with Crippen LogP contribution in [0, 0.1) is 0 Å². The highest BCUT2D eigenvalue weighted by Crippen LogP contribution is 2.27. The molecule has 5 nitrogen and oxygen atoms in total. The molecule has 0 saturated heterocycles. The van der Waals surface area contributed by atoms with Crippen LogP contribution in [-0.4, -0.2) is 27.2 Å². The Morgan fingerprint density at radius 3 is 2.11 bits per heavy atom. The Morgan fingerprint density at radius 1 is 0.821 bits per heavy atom. The third-order valence-electron chi connectivity index (χ3n) is 4.39. The lowest BCUT2D eigenvalue weighted by atomic mass is 10.0. The maximum Gasteiger partial charge on any atom is 0.255 e. The summed E-state index contributed by atoms with van der Waals surface area (Å²) in [5.74, 6) is 1.66.